The number of aromatic nitrogens is 1. The predicted molar refractivity (Wildman–Crippen MR) is 137 cm³/mol. The van der Waals surface area contributed by atoms with E-state index in [9.17, 15) is 14.9 Å². The molecule has 0 N–H and O–H groups in total. The van der Waals surface area contributed by atoms with Crippen molar-refractivity contribution in [3.63, 3.8) is 0 Å². The maximum absolute atomic E-state index is 13.4. The Bertz CT molecular complexity index is 1240. The number of rotatable bonds is 4. The number of carbonyl (C=O) groups excluding carboxylic acids is 1. The van der Waals surface area contributed by atoms with Gasteiger partial charge in [-0.05, 0) is 50.3 Å². The fourth-order valence-corrected chi connectivity index (χ4v) is 5.93. The molecule has 0 aliphatic carbocycles. The van der Waals surface area contributed by atoms with Gasteiger partial charge in [-0.2, -0.15) is 5.26 Å². The normalized spacial score (nSPS) is 18.7. The number of amides is 1. The lowest BCUT2D eigenvalue weighted by Crippen LogP contribution is -2.36. The van der Waals surface area contributed by atoms with Crippen LogP contribution in [0, 0.1) is 18.3 Å². The quantitative estimate of drug-likeness (QED) is 0.475. The van der Waals surface area contributed by atoms with Gasteiger partial charge in [0.05, 0.1) is 10.9 Å². The average Bonchev–Trinajstić information content (AvgIpc) is 3.11. The van der Waals surface area contributed by atoms with Crippen molar-refractivity contribution in [2.24, 2.45) is 7.05 Å². The maximum Gasteiger partial charge on any atom is 0.270 e. The van der Waals surface area contributed by atoms with E-state index in [2.05, 4.69) is 11.0 Å². The Balaban J connectivity index is 1.81. The second-order valence-corrected chi connectivity index (χ2v) is 10.1. The summed E-state index contributed by atoms with van der Waals surface area (Å²) in [7, 11) is 1.70. The van der Waals surface area contributed by atoms with Crippen molar-refractivity contribution in [2.45, 2.75) is 39.2 Å². The molecule has 1 aromatic heterocycles. The van der Waals surface area contributed by atoms with Gasteiger partial charge in [0.2, 0.25) is 0 Å². The third kappa shape index (κ3) is 4.23. The second kappa shape index (κ2) is 9.54. The van der Waals surface area contributed by atoms with Crippen molar-refractivity contribution in [3.8, 4) is 6.07 Å². The number of pyridine rings is 1. The molecular formula is C25H26N4O2S2. The van der Waals surface area contributed by atoms with Crippen molar-refractivity contribution >= 4 is 46.1 Å². The predicted octanol–water partition coefficient (Wildman–Crippen LogP) is 4.52. The van der Waals surface area contributed by atoms with Gasteiger partial charge in [-0.3, -0.25) is 19.1 Å². The standard InChI is InChI=1S/C25H26N4O2S2/c1-16-19(22(28-12-8-5-9-13-28)27(3)23(30)20(16)15-26)14-21-24(31)29(25(32)33-21)17(2)18-10-6-4-7-11-18/h4,6-7,10-11,14,17H,5,8-9,12-13H2,1-3H3/b21-14-/t17-/m0/s1. The molecule has 1 aromatic carbocycles. The Labute approximate surface area is 203 Å². The number of thioether (sulfide) groups is 1. The molecule has 1 amide bonds. The molecule has 1 atom stereocenters. The van der Waals surface area contributed by atoms with Gasteiger partial charge in [-0.1, -0.05) is 54.3 Å². The van der Waals surface area contributed by atoms with Gasteiger partial charge in [0.1, 0.15) is 21.8 Å². The van der Waals surface area contributed by atoms with Gasteiger partial charge in [0.25, 0.3) is 11.5 Å². The van der Waals surface area contributed by atoms with E-state index in [-0.39, 0.29) is 23.1 Å². The molecule has 2 fully saturated rings. The minimum atomic E-state index is -0.307. The van der Waals surface area contributed by atoms with Crippen molar-refractivity contribution < 1.29 is 4.79 Å². The van der Waals surface area contributed by atoms with Crippen molar-refractivity contribution in [1.29, 1.82) is 5.26 Å². The first-order valence-electron chi connectivity index (χ1n) is 11.1. The van der Waals surface area contributed by atoms with E-state index in [0.29, 0.717) is 14.8 Å². The van der Waals surface area contributed by atoms with E-state index < -0.39 is 0 Å². The Morgan fingerprint density at radius 2 is 1.82 bits per heavy atom. The van der Waals surface area contributed by atoms with Crippen LogP contribution in [0.5, 0.6) is 0 Å². The van der Waals surface area contributed by atoms with Crippen molar-refractivity contribution in [3.05, 3.63) is 67.8 Å². The van der Waals surface area contributed by atoms with Crippen LogP contribution in [-0.2, 0) is 11.8 Å². The fourth-order valence-electron chi connectivity index (χ4n) is 4.53. The van der Waals surface area contributed by atoms with Gasteiger partial charge in [0.15, 0.2) is 0 Å². The molecule has 0 unspecified atom stereocenters. The lowest BCUT2D eigenvalue weighted by Gasteiger charge is -2.32. The first kappa shape index (κ1) is 23.3. The van der Waals surface area contributed by atoms with Crippen LogP contribution in [-0.4, -0.2) is 32.8 Å². The van der Waals surface area contributed by atoms with E-state index in [4.69, 9.17) is 12.2 Å². The molecule has 0 bridgehead atoms. The van der Waals surface area contributed by atoms with Crippen LogP contribution in [0.2, 0.25) is 0 Å². The molecule has 3 heterocycles. The Kier molecular flexibility index (Phi) is 6.73. The Morgan fingerprint density at radius 1 is 1.15 bits per heavy atom. The third-order valence-corrected chi connectivity index (χ3v) is 7.72. The number of nitrogens with zero attached hydrogens (tertiary/aromatic N) is 4. The molecular weight excluding hydrogens is 452 g/mol. The zero-order chi connectivity index (χ0) is 23.7. The van der Waals surface area contributed by atoms with E-state index in [1.54, 1.807) is 23.4 Å². The lowest BCUT2D eigenvalue weighted by atomic mass is 10.0. The van der Waals surface area contributed by atoms with Gasteiger partial charge in [0, 0.05) is 25.7 Å². The minimum Gasteiger partial charge on any atom is -0.357 e. The molecule has 170 valence electrons. The zero-order valence-corrected chi connectivity index (χ0v) is 20.6. The molecule has 6 nitrogen and oxygen atoms in total. The topological polar surface area (TPSA) is 69.3 Å². The number of piperidine rings is 1. The molecule has 2 aliphatic rings. The molecule has 2 aliphatic heterocycles. The van der Waals surface area contributed by atoms with Gasteiger partial charge in [-0.25, -0.2) is 0 Å². The summed E-state index contributed by atoms with van der Waals surface area (Å²) in [5, 5.41) is 9.65. The Hall–Kier alpha value is -2.89. The number of hydrogen-bond donors (Lipinski definition) is 0. The van der Waals surface area contributed by atoms with E-state index >= 15 is 0 Å². The summed E-state index contributed by atoms with van der Waals surface area (Å²) in [6.45, 7) is 5.43. The van der Waals surface area contributed by atoms with Crippen LogP contribution < -0.4 is 10.5 Å². The fraction of sp³-hybridized carbons (Fsp3) is 0.360. The summed E-state index contributed by atoms with van der Waals surface area (Å²) in [6.07, 6.45) is 5.06. The van der Waals surface area contributed by atoms with Crippen LogP contribution in [0.1, 0.15) is 54.5 Å². The summed E-state index contributed by atoms with van der Waals surface area (Å²) < 4.78 is 2.06. The first-order chi connectivity index (χ1) is 15.8. The number of anilines is 1. The molecule has 4 rings (SSSR count). The lowest BCUT2D eigenvalue weighted by molar-refractivity contribution is -0.123. The minimum absolute atomic E-state index is 0.109. The molecule has 0 radical (unpaired) electrons. The Morgan fingerprint density at radius 3 is 2.45 bits per heavy atom. The van der Waals surface area contributed by atoms with Crippen LogP contribution in [0.15, 0.2) is 40.0 Å². The summed E-state index contributed by atoms with van der Waals surface area (Å²) in [5.41, 5.74) is 2.15. The van der Waals surface area contributed by atoms with Crippen LogP contribution in [0.3, 0.4) is 0 Å². The number of carbonyl (C=O) groups is 1. The largest absolute Gasteiger partial charge is 0.357 e. The highest BCUT2D eigenvalue weighted by molar-refractivity contribution is 8.26. The third-order valence-electron chi connectivity index (χ3n) is 6.39. The highest BCUT2D eigenvalue weighted by Gasteiger charge is 2.36. The number of hydrogen-bond acceptors (Lipinski definition) is 6. The molecule has 0 saturated carbocycles. The van der Waals surface area contributed by atoms with E-state index in [1.807, 2.05) is 43.3 Å². The summed E-state index contributed by atoms with van der Waals surface area (Å²) >= 11 is 6.85. The first-order valence-corrected chi connectivity index (χ1v) is 12.3. The summed E-state index contributed by atoms with van der Waals surface area (Å²) in [4.78, 5) is 30.7. The van der Waals surface area contributed by atoms with Crippen LogP contribution in [0.25, 0.3) is 6.08 Å². The smallest absolute Gasteiger partial charge is 0.270 e. The maximum atomic E-state index is 13.4. The molecule has 2 aromatic rings. The SMILES string of the molecule is Cc1c(/C=C2\SC(=S)N([C@@H](C)c3ccccc3)C2=O)c(N2CCCCC2)n(C)c(=O)c1C#N. The highest BCUT2D eigenvalue weighted by atomic mass is 32.2. The van der Waals surface area contributed by atoms with Crippen molar-refractivity contribution in [1.82, 2.24) is 9.47 Å². The van der Waals surface area contributed by atoms with E-state index in [1.165, 1.54) is 11.8 Å². The van der Waals surface area contributed by atoms with Gasteiger partial charge >= 0.3 is 0 Å². The number of thiocarbonyl (C=S) groups is 1. The van der Waals surface area contributed by atoms with Crippen molar-refractivity contribution in [2.75, 3.05) is 18.0 Å². The monoisotopic (exact) mass is 478 g/mol. The highest BCUT2D eigenvalue weighted by Crippen LogP contribution is 2.39. The average molecular weight is 479 g/mol. The van der Waals surface area contributed by atoms with Crippen LogP contribution in [0.4, 0.5) is 5.82 Å². The number of nitriles is 1. The summed E-state index contributed by atoms with van der Waals surface area (Å²) in [6, 6.07) is 11.7. The van der Waals surface area contributed by atoms with E-state index in [0.717, 1.165) is 49.3 Å². The van der Waals surface area contributed by atoms with Gasteiger partial charge < -0.3 is 4.90 Å². The van der Waals surface area contributed by atoms with Gasteiger partial charge in [-0.15, -0.1) is 0 Å². The summed E-state index contributed by atoms with van der Waals surface area (Å²) in [5.74, 6) is 0.607. The molecule has 33 heavy (non-hydrogen) atoms. The second-order valence-electron chi connectivity index (χ2n) is 8.40. The number of benzene rings is 1. The zero-order valence-electron chi connectivity index (χ0n) is 19.0. The molecule has 8 heteroatoms. The molecule has 0 spiro atoms. The molecule has 2 saturated heterocycles. The van der Waals surface area contributed by atoms with Crippen LogP contribution >= 0.6 is 24.0 Å².